The monoisotopic (exact) mass is 454 g/mol. The van der Waals surface area contributed by atoms with Crippen LogP contribution in [0, 0.1) is 11.3 Å². The van der Waals surface area contributed by atoms with Gasteiger partial charge in [0, 0.05) is 22.7 Å². The van der Waals surface area contributed by atoms with Crippen LogP contribution in [0.2, 0.25) is 5.02 Å². The predicted octanol–water partition coefficient (Wildman–Crippen LogP) is 3.75. The molecular weight excluding hydrogens is 432 g/mol. The number of aromatic nitrogens is 2. The lowest BCUT2D eigenvalue weighted by Crippen LogP contribution is -2.39. The van der Waals surface area contributed by atoms with E-state index < -0.39 is 17.9 Å². The number of hydrogen-bond acceptors (Lipinski definition) is 5. The number of fused-ring (bicyclic) bond motifs is 1. The Labute approximate surface area is 189 Å². The van der Waals surface area contributed by atoms with Gasteiger partial charge in [0.1, 0.15) is 11.8 Å². The molecule has 0 aliphatic heterocycles. The molecule has 1 aliphatic carbocycles. The van der Waals surface area contributed by atoms with Gasteiger partial charge in [-0.3, -0.25) is 14.3 Å². The van der Waals surface area contributed by atoms with Crippen LogP contribution >= 0.6 is 11.6 Å². The summed E-state index contributed by atoms with van der Waals surface area (Å²) in [7, 11) is 0. The SMILES string of the molecule is CC(NC(=O)c1ccccc1C(=N)Cn1cc2cc(OCC3CC3)c(Cl)cc2n1)C(=O)O. The highest BCUT2D eigenvalue weighted by atomic mass is 35.5. The van der Waals surface area contributed by atoms with Crippen LogP contribution in [-0.2, 0) is 11.3 Å². The smallest absolute Gasteiger partial charge is 0.325 e. The molecule has 1 amide bonds. The lowest BCUT2D eigenvalue weighted by molar-refractivity contribution is -0.138. The van der Waals surface area contributed by atoms with E-state index in [1.54, 1.807) is 41.2 Å². The highest BCUT2D eigenvalue weighted by Crippen LogP contribution is 2.33. The van der Waals surface area contributed by atoms with Crippen LogP contribution in [0.1, 0.15) is 35.7 Å². The average molecular weight is 455 g/mol. The summed E-state index contributed by atoms with van der Waals surface area (Å²) in [6.45, 7) is 2.17. The first-order chi connectivity index (χ1) is 15.3. The van der Waals surface area contributed by atoms with E-state index in [1.165, 1.54) is 19.8 Å². The highest BCUT2D eigenvalue weighted by Gasteiger charge is 2.23. The molecule has 1 atom stereocenters. The van der Waals surface area contributed by atoms with Crippen LogP contribution in [0.3, 0.4) is 0 Å². The molecule has 4 rings (SSSR count). The van der Waals surface area contributed by atoms with Crippen molar-refractivity contribution in [3.63, 3.8) is 0 Å². The molecule has 0 radical (unpaired) electrons. The summed E-state index contributed by atoms with van der Waals surface area (Å²) in [5.41, 5.74) is 1.50. The van der Waals surface area contributed by atoms with E-state index >= 15 is 0 Å². The van der Waals surface area contributed by atoms with Crippen LogP contribution in [0.15, 0.2) is 42.6 Å². The number of hydrogen-bond donors (Lipinski definition) is 3. The maximum absolute atomic E-state index is 12.5. The third kappa shape index (κ3) is 4.91. The second-order valence-corrected chi connectivity index (χ2v) is 8.39. The third-order valence-corrected chi connectivity index (χ3v) is 5.61. The Hall–Kier alpha value is -3.39. The first-order valence-corrected chi connectivity index (χ1v) is 10.7. The summed E-state index contributed by atoms with van der Waals surface area (Å²) < 4.78 is 7.44. The number of benzene rings is 2. The van der Waals surface area contributed by atoms with Gasteiger partial charge in [-0.25, -0.2) is 0 Å². The summed E-state index contributed by atoms with van der Waals surface area (Å²) in [4.78, 5) is 23.6. The van der Waals surface area contributed by atoms with Crippen molar-refractivity contribution in [1.29, 1.82) is 5.41 Å². The zero-order valence-electron chi connectivity index (χ0n) is 17.5. The van der Waals surface area contributed by atoms with E-state index in [-0.39, 0.29) is 17.8 Å². The summed E-state index contributed by atoms with van der Waals surface area (Å²) in [5.74, 6) is -0.445. The van der Waals surface area contributed by atoms with Crippen LogP contribution in [-0.4, -0.2) is 45.1 Å². The molecular formula is C23H23ClN4O4. The van der Waals surface area contributed by atoms with Crippen LogP contribution in [0.5, 0.6) is 5.75 Å². The van der Waals surface area contributed by atoms with Gasteiger partial charge in [0.15, 0.2) is 0 Å². The Morgan fingerprint density at radius 1 is 1.31 bits per heavy atom. The van der Waals surface area contributed by atoms with Gasteiger partial charge in [-0.1, -0.05) is 29.8 Å². The van der Waals surface area contributed by atoms with Gasteiger partial charge < -0.3 is 20.6 Å². The number of carbonyl (C=O) groups excluding carboxylic acids is 1. The van der Waals surface area contributed by atoms with E-state index in [9.17, 15) is 9.59 Å². The molecule has 1 unspecified atom stereocenters. The number of carboxylic acid groups (broad SMARTS) is 1. The maximum Gasteiger partial charge on any atom is 0.325 e. The van der Waals surface area contributed by atoms with Crippen molar-refractivity contribution in [2.45, 2.75) is 32.4 Å². The fourth-order valence-electron chi connectivity index (χ4n) is 3.29. The minimum atomic E-state index is -1.13. The van der Waals surface area contributed by atoms with E-state index in [0.717, 1.165) is 5.39 Å². The number of amides is 1. The fourth-order valence-corrected chi connectivity index (χ4v) is 3.50. The topological polar surface area (TPSA) is 117 Å². The molecule has 0 spiro atoms. The van der Waals surface area contributed by atoms with Crippen molar-refractivity contribution in [2.24, 2.45) is 5.92 Å². The second-order valence-electron chi connectivity index (χ2n) is 7.98. The van der Waals surface area contributed by atoms with Gasteiger partial charge in [-0.05, 0) is 43.9 Å². The Kier molecular flexibility index (Phi) is 6.14. The molecule has 3 aromatic rings. The van der Waals surface area contributed by atoms with Crippen molar-refractivity contribution >= 4 is 40.1 Å². The minimum absolute atomic E-state index is 0.128. The van der Waals surface area contributed by atoms with Crippen molar-refractivity contribution in [2.75, 3.05) is 6.61 Å². The van der Waals surface area contributed by atoms with Gasteiger partial charge in [-0.15, -0.1) is 0 Å². The molecule has 3 N–H and O–H groups in total. The number of aliphatic carboxylic acids is 1. The quantitative estimate of drug-likeness (QED) is 0.425. The number of ether oxygens (including phenoxy) is 1. The molecule has 32 heavy (non-hydrogen) atoms. The lowest BCUT2D eigenvalue weighted by atomic mass is 10.0. The Balaban J connectivity index is 1.52. The summed E-state index contributed by atoms with van der Waals surface area (Å²) in [6, 6.07) is 9.18. The van der Waals surface area contributed by atoms with Crippen LogP contribution < -0.4 is 10.1 Å². The van der Waals surface area contributed by atoms with Gasteiger partial charge in [0.25, 0.3) is 5.91 Å². The Morgan fingerprint density at radius 3 is 2.72 bits per heavy atom. The van der Waals surface area contributed by atoms with Crippen LogP contribution in [0.4, 0.5) is 0 Å². The molecule has 8 nitrogen and oxygen atoms in total. The summed E-state index contributed by atoms with van der Waals surface area (Å²) in [6.07, 6.45) is 4.18. The van der Waals surface area contributed by atoms with E-state index in [1.807, 2.05) is 6.07 Å². The second kappa shape index (κ2) is 9.00. The molecule has 1 aromatic heterocycles. The Bertz CT molecular complexity index is 1200. The van der Waals surface area contributed by atoms with Crippen molar-refractivity contribution < 1.29 is 19.4 Å². The lowest BCUT2D eigenvalue weighted by Gasteiger charge is -2.13. The van der Waals surface area contributed by atoms with E-state index in [4.69, 9.17) is 26.9 Å². The molecule has 1 aliphatic rings. The first-order valence-electron chi connectivity index (χ1n) is 10.3. The minimum Gasteiger partial charge on any atom is -0.492 e. The van der Waals surface area contributed by atoms with Gasteiger partial charge in [-0.2, -0.15) is 5.10 Å². The van der Waals surface area contributed by atoms with E-state index in [2.05, 4.69) is 10.4 Å². The van der Waals surface area contributed by atoms with Crippen molar-refractivity contribution in [1.82, 2.24) is 15.1 Å². The standard InChI is InChI=1S/C23H23ClN4O4/c1-13(23(30)31)26-22(29)17-5-3-2-4-16(17)19(25)11-28-10-15-8-21(32-12-14-6-7-14)18(24)9-20(15)27-28/h2-5,8-10,13-14,25H,6-7,11-12H2,1H3,(H,26,29)(H,30,31). The molecule has 1 fully saturated rings. The highest BCUT2D eigenvalue weighted by molar-refractivity contribution is 6.32. The number of rotatable bonds is 9. The molecule has 0 saturated heterocycles. The molecule has 0 bridgehead atoms. The molecule has 1 heterocycles. The predicted molar refractivity (Wildman–Crippen MR) is 121 cm³/mol. The zero-order valence-corrected chi connectivity index (χ0v) is 18.2. The molecule has 1 saturated carbocycles. The van der Waals surface area contributed by atoms with Gasteiger partial charge in [0.2, 0.25) is 0 Å². The summed E-state index contributed by atoms with van der Waals surface area (Å²) in [5, 5.41) is 25.8. The number of nitrogens with one attached hydrogen (secondary N) is 2. The molecule has 9 heteroatoms. The largest absolute Gasteiger partial charge is 0.492 e. The van der Waals surface area contributed by atoms with Crippen molar-refractivity contribution in [3.05, 3.63) is 58.7 Å². The number of carbonyl (C=O) groups is 2. The fraction of sp³-hybridized carbons (Fsp3) is 0.304. The zero-order chi connectivity index (χ0) is 22.8. The summed E-state index contributed by atoms with van der Waals surface area (Å²) >= 11 is 6.33. The van der Waals surface area contributed by atoms with Gasteiger partial charge in [0.05, 0.1) is 29.4 Å². The molecule has 166 valence electrons. The molecule has 2 aromatic carbocycles. The maximum atomic E-state index is 12.5. The normalized spacial score (nSPS) is 14.2. The van der Waals surface area contributed by atoms with Crippen LogP contribution in [0.25, 0.3) is 10.9 Å². The Morgan fingerprint density at radius 2 is 2.03 bits per heavy atom. The van der Waals surface area contributed by atoms with E-state index in [0.29, 0.717) is 34.4 Å². The number of carboxylic acids is 1. The van der Waals surface area contributed by atoms with Crippen molar-refractivity contribution in [3.8, 4) is 5.75 Å². The number of halogens is 1. The van der Waals surface area contributed by atoms with Gasteiger partial charge >= 0.3 is 5.97 Å². The number of nitrogens with zero attached hydrogens (tertiary/aromatic N) is 2. The average Bonchev–Trinajstić information content (AvgIpc) is 3.51. The first kappa shape index (κ1) is 21.8. The third-order valence-electron chi connectivity index (χ3n) is 5.31.